The van der Waals surface area contributed by atoms with Crippen LogP contribution in [0.25, 0.3) is 0 Å². The highest BCUT2D eigenvalue weighted by Gasteiger charge is 2.33. The van der Waals surface area contributed by atoms with E-state index in [9.17, 15) is 18.0 Å². The zero-order valence-corrected chi connectivity index (χ0v) is 11.7. The van der Waals surface area contributed by atoms with Crippen molar-refractivity contribution in [1.29, 1.82) is 0 Å². The number of hydrogen-bond donors (Lipinski definition) is 0. The summed E-state index contributed by atoms with van der Waals surface area (Å²) in [5.74, 6) is -0.813. The molecule has 0 saturated heterocycles. The Labute approximate surface area is 125 Å². The molecule has 0 heterocycles. The molecule has 0 fully saturated rings. The van der Waals surface area contributed by atoms with E-state index in [2.05, 4.69) is 4.74 Å². The van der Waals surface area contributed by atoms with Crippen molar-refractivity contribution in [2.24, 2.45) is 0 Å². The van der Waals surface area contributed by atoms with Crippen molar-refractivity contribution in [3.8, 4) is 11.5 Å². The summed E-state index contributed by atoms with van der Waals surface area (Å²) in [6, 6.07) is 11.6. The maximum absolute atomic E-state index is 12.5. The lowest BCUT2D eigenvalue weighted by Crippen LogP contribution is -2.19. The smallest absolute Gasteiger partial charge is 0.493 e. The van der Waals surface area contributed by atoms with Gasteiger partial charge in [0.1, 0.15) is 11.5 Å². The topological polar surface area (TPSA) is 35.5 Å². The van der Waals surface area contributed by atoms with Crippen LogP contribution in [0.2, 0.25) is 0 Å². The average Bonchev–Trinajstić information content (AvgIpc) is 2.46. The van der Waals surface area contributed by atoms with Gasteiger partial charge in [-0.15, -0.1) is 13.2 Å². The number of hydrogen-bond acceptors (Lipinski definition) is 3. The standard InChI is InChI=1S/C16H13F3O3/c1-2-21-13-9-5-3-7-11(13)15(20)12-8-4-6-10-14(12)22-16(17,18)19/h3-10H,2H2,1H3. The number of ketones is 1. The van der Waals surface area contributed by atoms with E-state index < -0.39 is 17.9 Å². The number of halogens is 3. The van der Waals surface area contributed by atoms with E-state index in [1.165, 1.54) is 24.3 Å². The molecule has 0 aliphatic carbocycles. The molecule has 3 nitrogen and oxygen atoms in total. The van der Waals surface area contributed by atoms with Crippen molar-refractivity contribution in [2.45, 2.75) is 13.3 Å². The van der Waals surface area contributed by atoms with Crippen molar-refractivity contribution in [3.05, 3.63) is 59.7 Å². The van der Waals surface area contributed by atoms with E-state index >= 15 is 0 Å². The minimum Gasteiger partial charge on any atom is -0.493 e. The molecule has 116 valence electrons. The Morgan fingerprint density at radius 2 is 1.45 bits per heavy atom. The molecule has 6 heteroatoms. The van der Waals surface area contributed by atoms with Gasteiger partial charge in [0.15, 0.2) is 5.78 Å². The van der Waals surface area contributed by atoms with Gasteiger partial charge in [0.2, 0.25) is 0 Å². The largest absolute Gasteiger partial charge is 0.573 e. The van der Waals surface area contributed by atoms with Gasteiger partial charge in [0, 0.05) is 0 Å². The maximum atomic E-state index is 12.5. The molecule has 0 aromatic heterocycles. The van der Waals surface area contributed by atoms with Crippen LogP contribution < -0.4 is 9.47 Å². The van der Waals surface area contributed by atoms with Crippen LogP contribution >= 0.6 is 0 Å². The first-order chi connectivity index (χ1) is 10.4. The first-order valence-electron chi connectivity index (χ1n) is 6.53. The molecule has 0 spiro atoms. The first kappa shape index (κ1) is 15.9. The van der Waals surface area contributed by atoms with Gasteiger partial charge in [-0.3, -0.25) is 4.79 Å². The van der Waals surface area contributed by atoms with Crippen LogP contribution in [0.15, 0.2) is 48.5 Å². The number of carbonyl (C=O) groups is 1. The third-order valence-corrected chi connectivity index (χ3v) is 2.79. The molecule has 0 aliphatic rings. The van der Waals surface area contributed by atoms with Crippen molar-refractivity contribution in [3.63, 3.8) is 0 Å². The Balaban J connectivity index is 2.42. The molecule has 0 radical (unpaired) electrons. The van der Waals surface area contributed by atoms with Crippen molar-refractivity contribution in [1.82, 2.24) is 0 Å². The average molecular weight is 310 g/mol. The highest BCUT2D eigenvalue weighted by molar-refractivity contribution is 6.12. The molecule has 0 atom stereocenters. The Kier molecular flexibility index (Phi) is 4.70. The fourth-order valence-electron chi connectivity index (χ4n) is 1.95. The van der Waals surface area contributed by atoms with Gasteiger partial charge in [0.05, 0.1) is 17.7 Å². The molecular weight excluding hydrogens is 297 g/mol. The number of carbonyl (C=O) groups excluding carboxylic acids is 1. The van der Waals surface area contributed by atoms with Gasteiger partial charge in [-0.05, 0) is 31.2 Å². The predicted octanol–water partition coefficient (Wildman–Crippen LogP) is 4.21. The molecule has 22 heavy (non-hydrogen) atoms. The second kappa shape index (κ2) is 6.51. The van der Waals surface area contributed by atoms with Crippen LogP contribution in [0.5, 0.6) is 11.5 Å². The Hall–Kier alpha value is -2.50. The van der Waals surface area contributed by atoms with Crippen molar-refractivity contribution in [2.75, 3.05) is 6.61 Å². The zero-order valence-electron chi connectivity index (χ0n) is 11.7. The van der Waals surface area contributed by atoms with E-state index in [0.717, 1.165) is 6.07 Å². The van der Waals surface area contributed by atoms with Gasteiger partial charge in [-0.2, -0.15) is 0 Å². The second-order valence-corrected chi connectivity index (χ2v) is 4.30. The van der Waals surface area contributed by atoms with Gasteiger partial charge < -0.3 is 9.47 Å². The van der Waals surface area contributed by atoms with Crippen LogP contribution in [0.4, 0.5) is 13.2 Å². The molecule has 0 amide bonds. The lowest BCUT2D eigenvalue weighted by Gasteiger charge is -2.14. The summed E-state index contributed by atoms with van der Waals surface area (Å²) < 4.78 is 46.5. The number of para-hydroxylation sites is 2. The van der Waals surface area contributed by atoms with Crippen LogP contribution in [0, 0.1) is 0 Å². The lowest BCUT2D eigenvalue weighted by molar-refractivity contribution is -0.274. The van der Waals surface area contributed by atoms with E-state index in [1.54, 1.807) is 25.1 Å². The fraction of sp³-hybridized carbons (Fsp3) is 0.188. The number of benzene rings is 2. The quantitative estimate of drug-likeness (QED) is 0.776. The minimum absolute atomic E-state index is 0.174. The first-order valence-corrected chi connectivity index (χ1v) is 6.53. The SMILES string of the molecule is CCOc1ccccc1C(=O)c1ccccc1OC(F)(F)F. The normalized spacial score (nSPS) is 11.1. The van der Waals surface area contributed by atoms with Gasteiger partial charge in [-0.1, -0.05) is 24.3 Å². The second-order valence-electron chi connectivity index (χ2n) is 4.30. The third kappa shape index (κ3) is 3.78. The Morgan fingerprint density at radius 1 is 0.955 bits per heavy atom. The summed E-state index contributed by atoms with van der Waals surface area (Å²) in [7, 11) is 0. The highest BCUT2D eigenvalue weighted by atomic mass is 19.4. The summed E-state index contributed by atoms with van der Waals surface area (Å²) >= 11 is 0. The summed E-state index contributed by atoms with van der Waals surface area (Å²) in [5.41, 5.74) is 0.00884. The molecule has 0 saturated carbocycles. The van der Waals surface area contributed by atoms with Crippen LogP contribution in [-0.2, 0) is 0 Å². The summed E-state index contributed by atoms with van der Waals surface area (Å²) in [5, 5.41) is 0. The number of rotatable bonds is 5. The summed E-state index contributed by atoms with van der Waals surface area (Å²) in [6.45, 7) is 2.09. The van der Waals surface area contributed by atoms with Crippen LogP contribution in [-0.4, -0.2) is 18.8 Å². The van der Waals surface area contributed by atoms with E-state index in [-0.39, 0.29) is 11.1 Å². The van der Waals surface area contributed by atoms with Gasteiger partial charge in [0.25, 0.3) is 0 Å². The summed E-state index contributed by atoms with van der Waals surface area (Å²) in [6.07, 6.45) is -4.87. The molecule has 2 aromatic rings. The van der Waals surface area contributed by atoms with Crippen LogP contribution in [0.3, 0.4) is 0 Å². The van der Waals surface area contributed by atoms with E-state index in [1.807, 2.05) is 0 Å². The molecule has 0 N–H and O–H groups in total. The highest BCUT2D eigenvalue weighted by Crippen LogP contribution is 2.30. The zero-order chi connectivity index (χ0) is 16.2. The van der Waals surface area contributed by atoms with E-state index in [0.29, 0.717) is 12.4 Å². The summed E-state index contributed by atoms with van der Waals surface area (Å²) in [4.78, 5) is 12.5. The molecule has 0 aliphatic heterocycles. The molecular formula is C16H13F3O3. The Morgan fingerprint density at radius 3 is 2.00 bits per heavy atom. The van der Waals surface area contributed by atoms with Crippen molar-refractivity contribution < 1.29 is 27.4 Å². The third-order valence-electron chi connectivity index (χ3n) is 2.79. The minimum atomic E-state index is -4.87. The monoisotopic (exact) mass is 310 g/mol. The molecule has 2 rings (SSSR count). The molecule has 0 bridgehead atoms. The fourth-order valence-corrected chi connectivity index (χ4v) is 1.95. The Bertz CT molecular complexity index is 666. The maximum Gasteiger partial charge on any atom is 0.573 e. The van der Waals surface area contributed by atoms with Gasteiger partial charge >= 0.3 is 6.36 Å². The molecule has 2 aromatic carbocycles. The lowest BCUT2D eigenvalue weighted by atomic mass is 10.0. The molecule has 0 unspecified atom stereocenters. The van der Waals surface area contributed by atoms with Gasteiger partial charge in [-0.25, -0.2) is 0 Å². The number of ether oxygens (including phenoxy) is 2. The van der Waals surface area contributed by atoms with E-state index in [4.69, 9.17) is 4.74 Å². The van der Waals surface area contributed by atoms with Crippen molar-refractivity contribution >= 4 is 5.78 Å². The predicted molar refractivity (Wildman–Crippen MR) is 74.2 cm³/mol. The number of alkyl halides is 3. The van der Waals surface area contributed by atoms with Crippen LogP contribution in [0.1, 0.15) is 22.8 Å².